The van der Waals surface area contributed by atoms with E-state index in [4.69, 9.17) is 14.2 Å². The van der Waals surface area contributed by atoms with Crippen molar-refractivity contribution in [2.45, 2.75) is 245 Å². The van der Waals surface area contributed by atoms with Gasteiger partial charge in [-0.1, -0.05) is 184 Å². The molecule has 0 aromatic rings. The average Bonchev–Trinajstić information content (AvgIpc) is 3.26. The molecule has 6 heteroatoms. The van der Waals surface area contributed by atoms with Crippen LogP contribution >= 0.6 is 0 Å². The Morgan fingerprint density at radius 2 is 0.607 bits per heavy atom. The maximum Gasteiger partial charge on any atom is 0.306 e. The zero-order chi connectivity index (χ0) is 44.4. The number of hydrogen-bond donors (Lipinski definition) is 0. The van der Waals surface area contributed by atoms with Crippen molar-refractivity contribution in [1.29, 1.82) is 0 Å². The highest BCUT2D eigenvalue weighted by Crippen LogP contribution is 2.13. The topological polar surface area (TPSA) is 78.9 Å². The zero-order valence-electron chi connectivity index (χ0n) is 39.9. The molecule has 350 valence electrons. The van der Waals surface area contributed by atoms with Gasteiger partial charge in [-0.15, -0.1) is 0 Å². The third kappa shape index (κ3) is 47.7. The molecule has 6 nitrogen and oxygen atoms in total. The monoisotopic (exact) mass is 851 g/mol. The molecular formula is C55H94O6. The van der Waals surface area contributed by atoms with Crippen LogP contribution in [0, 0.1) is 0 Å². The number of carbonyl (C=O) groups excluding carboxylic acids is 3. The second kappa shape index (κ2) is 49.5. The minimum Gasteiger partial charge on any atom is -0.462 e. The predicted octanol–water partition coefficient (Wildman–Crippen LogP) is 16.6. The first-order valence-electron chi connectivity index (χ1n) is 25.4. The van der Waals surface area contributed by atoms with E-state index in [1.165, 1.54) is 103 Å². The van der Waals surface area contributed by atoms with Gasteiger partial charge < -0.3 is 14.2 Å². The first kappa shape index (κ1) is 57.9. The first-order valence-corrected chi connectivity index (χ1v) is 25.4. The SMILES string of the molecule is CCCC/C=C\CCCCCCCC(=O)OC[C@H](COC(=O)CCCCCCCCC/C=C\C/C=C\CCCCC)OC(=O)CCCC/C=C\C/C=C\C/C=C\CCCCC. The number of rotatable bonds is 45. The van der Waals surface area contributed by atoms with Crippen LogP contribution < -0.4 is 0 Å². The normalized spacial score (nSPS) is 12.6. The van der Waals surface area contributed by atoms with Gasteiger partial charge >= 0.3 is 17.9 Å². The van der Waals surface area contributed by atoms with Crippen LogP contribution in [0.15, 0.2) is 72.9 Å². The summed E-state index contributed by atoms with van der Waals surface area (Å²) in [6, 6.07) is 0. The Morgan fingerprint density at radius 1 is 0.328 bits per heavy atom. The minimum atomic E-state index is -0.800. The second-order valence-corrected chi connectivity index (χ2v) is 16.7. The summed E-state index contributed by atoms with van der Waals surface area (Å²) >= 11 is 0. The molecule has 0 radical (unpaired) electrons. The van der Waals surface area contributed by atoms with Crippen LogP contribution in [0.25, 0.3) is 0 Å². The van der Waals surface area contributed by atoms with Crippen LogP contribution in [0.1, 0.15) is 239 Å². The Hall–Kier alpha value is -3.15. The molecule has 0 amide bonds. The van der Waals surface area contributed by atoms with Crippen molar-refractivity contribution < 1.29 is 28.6 Å². The Morgan fingerprint density at radius 3 is 1.02 bits per heavy atom. The smallest absolute Gasteiger partial charge is 0.306 e. The Bertz CT molecular complexity index is 1160. The summed E-state index contributed by atoms with van der Waals surface area (Å²) in [5.41, 5.74) is 0. The summed E-state index contributed by atoms with van der Waals surface area (Å²) in [5.74, 6) is -0.954. The molecule has 0 rings (SSSR count). The molecule has 0 aromatic carbocycles. The minimum absolute atomic E-state index is 0.0979. The summed E-state index contributed by atoms with van der Waals surface area (Å²) < 4.78 is 16.7. The summed E-state index contributed by atoms with van der Waals surface area (Å²) in [7, 11) is 0. The van der Waals surface area contributed by atoms with Gasteiger partial charge in [-0.05, 0) is 109 Å². The number of esters is 3. The summed E-state index contributed by atoms with van der Waals surface area (Å²) in [6.07, 6.45) is 61.7. The van der Waals surface area contributed by atoms with Crippen LogP contribution in [0.5, 0.6) is 0 Å². The molecule has 1 atom stereocenters. The van der Waals surface area contributed by atoms with Crippen molar-refractivity contribution in [3.63, 3.8) is 0 Å². The van der Waals surface area contributed by atoms with Gasteiger partial charge in [0.05, 0.1) is 0 Å². The third-order valence-electron chi connectivity index (χ3n) is 10.7. The lowest BCUT2D eigenvalue weighted by Gasteiger charge is -2.18. The van der Waals surface area contributed by atoms with Crippen LogP contribution in [0.4, 0.5) is 0 Å². The van der Waals surface area contributed by atoms with E-state index >= 15 is 0 Å². The molecule has 0 saturated carbocycles. The Kier molecular flexibility index (Phi) is 46.9. The molecule has 0 spiro atoms. The lowest BCUT2D eigenvalue weighted by molar-refractivity contribution is -0.167. The van der Waals surface area contributed by atoms with Crippen molar-refractivity contribution in [3.8, 4) is 0 Å². The predicted molar refractivity (Wildman–Crippen MR) is 261 cm³/mol. The van der Waals surface area contributed by atoms with Gasteiger partial charge in [0.2, 0.25) is 0 Å². The summed E-state index contributed by atoms with van der Waals surface area (Å²) in [6.45, 7) is 6.49. The third-order valence-corrected chi connectivity index (χ3v) is 10.7. The zero-order valence-corrected chi connectivity index (χ0v) is 39.9. The molecule has 0 aromatic heterocycles. The second-order valence-electron chi connectivity index (χ2n) is 16.7. The van der Waals surface area contributed by atoms with Crippen LogP contribution in [-0.2, 0) is 28.6 Å². The van der Waals surface area contributed by atoms with Gasteiger partial charge in [-0.3, -0.25) is 14.4 Å². The molecule has 0 aliphatic rings. The van der Waals surface area contributed by atoms with E-state index in [9.17, 15) is 14.4 Å². The van der Waals surface area contributed by atoms with E-state index in [2.05, 4.69) is 93.7 Å². The standard InChI is InChI=1S/C55H94O6/c1-4-7-10-13-16-19-22-24-26-27-29-30-33-36-39-42-45-48-54(57)60-51-52(50-59-53(56)47-44-41-38-35-32-21-18-15-12-9-6-3)61-55(58)49-46-43-40-37-34-31-28-25-23-20-17-14-11-8-5-2/h15-20,24-26,28,34,37,52H,4-14,21-23,27,29-33,35-36,38-51H2,1-3H3/b18-15-,19-16-,20-17-,26-24-,28-25-,37-34-/t52-/m1/s1. The van der Waals surface area contributed by atoms with E-state index in [0.717, 1.165) is 89.9 Å². The Labute approximate surface area is 376 Å². The summed E-state index contributed by atoms with van der Waals surface area (Å²) in [5, 5.41) is 0. The Balaban J connectivity index is 4.45. The van der Waals surface area contributed by atoms with Gasteiger partial charge in [0, 0.05) is 19.3 Å². The van der Waals surface area contributed by atoms with Gasteiger partial charge in [-0.2, -0.15) is 0 Å². The largest absolute Gasteiger partial charge is 0.462 e. The number of hydrogen-bond acceptors (Lipinski definition) is 6. The molecule has 0 aliphatic heterocycles. The highest BCUT2D eigenvalue weighted by atomic mass is 16.6. The average molecular weight is 851 g/mol. The highest BCUT2D eigenvalue weighted by Gasteiger charge is 2.19. The van der Waals surface area contributed by atoms with Crippen LogP contribution in [0.3, 0.4) is 0 Å². The molecule has 0 unspecified atom stereocenters. The van der Waals surface area contributed by atoms with E-state index in [1.54, 1.807) is 0 Å². The first-order chi connectivity index (χ1) is 30.0. The van der Waals surface area contributed by atoms with Gasteiger partial charge in [-0.25, -0.2) is 0 Å². The van der Waals surface area contributed by atoms with Gasteiger partial charge in [0.1, 0.15) is 13.2 Å². The molecule has 0 saturated heterocycles. The number of ether oxygens (including phenoxy) is 3. The molecule has 0 aliphatic carbocycles. The highest BCUT2D eigenvalue weighted by molar-refractivity contribution is 5.71. The quantitative estimate of drug-likeness (QED) is 0.0263. The van der Waals surface area contributed by atoms with Crippen molar-refractivity contribution in [3.05, 3.63) is 72.9 Å². The molecule has 61 heavy (non-hydrogen) atoms. The van der Waals surface area contributed by atoms with Crippen molar-refractivity contribution in [2.24, 2.45) is 0 Å². The molecular weight excluding hydrogens is 757 g/mol. The van der Waals surface area contributed by atoms with E-state index in [1.807, 2.05) is 0 Å². The van der Waals surface area contributed by atoms with Gasteiger partial charge in [0.15, 0.2) is 6.10 Å². The molecule has 0 bridgehead atoms. The maximum absolute atomic E-state index is 12.8. The fourth-order valence-corrected chi connectivity index (χ4v) is 6.75. The maximum atomic E-state index is 12.8. The lowest BCUT2D eigenvalue weighted by atomic mass is 10.1. The fraction of sp³-hybridized carbons (Fsp3) is 0.727. The van der Waals surface area contributed by atoms with Crippen molar-refractivity contribution in [1.82, 2.24) is 0 Å². The van der Waals surface area contributed by atoms with Crippen molar-refractivity contribution >= 4 is 17.9 Å². The number of allylic oxidation sites excluding steroid dienone is 12. The fourth-order valence-electron chi connectivity index (χ4n) is 6.75. The number of carbonyl (C=O) groups is 3. The molecule has 0 N–H and O–H groups in total. The van der Waals surface area contributed by atoms with Crippen LogP contribution in [-0.4, -0.2) is 37.2 Å². The van der Waals surface area contributed by atoms with Crippen molar-refractivity contribution in [2.75, 3.05) is 13.2 Å². The lowest BCUT2D eigenvalue weighted by Crippen LogP contribution is -2.30. The molecule has 0 fully saturated rings. The molecule has 0 heterocycles. The summed E-state index contributed by atoms with van der Waals surface area (Å²) in [4.78, 5) is 37.9. The van der Waals surface area contributed by atoms with E-state index in [-0.39, 0.29) is 37.5 Å². The van der Waals surface area contributed by atoms with E-state index < -0.39 is 6.10 Å². The van der Waals surface area contributed by atoms with Crippen LogP contribution in [0.2, 0.25) is 0 Å². The van der Waals surface area contributed by atoms with Gasteiger partial charge in [0.25, 0.3) is 0 Å². The number of unbranched alkanes of at least 4 members (excludes halogenated alkanes) is 22. The van der Waals surface area contributed by atoms with E-state index in [0.29, 0.717) is 19.3 Å².